The molecule has 0 saturated heterocycles. The molecular weight excluding hydrogens is 419 g/mol. The van der Waals surface area contributed by atoms with Crippen LogP contribution in [0.1, 0.15) is 11.1 Å². The fourth-order valence-corrected chi connectivity index (χ4v) is 4.37. The van der Waals surface area contributed by atoms with E-state index in [2.05, 4.69) is 10.0 Å². The van der Waals surface area contributed by atoms with Gasteiger partial charge in [0.15, 0.2) is 0 Å². The molecule has 162 valence electrons. The largest absolute Gasteiger partial charge is 0.496 e. The van der Waals surface area contributed by atoms with Gasteiger partial charge in [0.25, 0.3) is 0 Å². The van der Waals surface area contributed by atoms with E-state index in [4.69, 9.17) is 4.74 Å². The third kappa shape index (κ3) is 5.68. The predicted octanol–water partition coefficient (Wildman–Crippen LogP) is 3.67. The predicted molar refractivity (Wildman–Crippen MR) is 117 cm³/mol. The number of ether oxygens (including phenoxy) is 1. The molecule has 3 rings (SSSR count). The number of methoxy groups -OCH3 is 1. The van der Waals surface area contributed by atoms with Gasteiger partial charge in [0.05, 0.1) is 17.7 Å². The van der Waals surface area contributed by atoms with Crippen molar-refractivity contribution >= 4 is 21.6 Å². The summed E-state index contributed by atoms with van der Waals surface area (Å²) in [5.41, 5.74) is 1.37. The van der Waals surface area contributed by atoms with Crippen LogP contribution in [-0.2, 0) is 21.2 Å². The zero-order valence-electron chi connectivity index (χ0n) is 17.1. The topological polar surface area (TPSA) is 84.5 Å². The molecule has 0 heterocycles. The van der Waals surface area contributed by atoms with Gasteiger partial charge >= 0.3 is 0 Å². The number of carbonyl (C=O) groups excluding carboxylic acids is 1. The lowest BCUT2D eigenvalue weighted by Crippen LogP contribution is -2.45. The highest BCUT2D eigenvalue weighted by Crippen LogP contribution is 2.22. The number of hydrogen-bond acceptors (Lipinski definition) is 4. The zero-order valence-corrected chi connectivity index (χ0v) is 17.9. The van der Waals surface area contributed by atoms with Gasteiger partial charge in [-0.1, -0.05) is 42.5 Å². The van der Waals surface area contributed by atoms with Crippen LogP contribution >= 0.6 is 0 Å². The summed E-state index contributed by atoms with van der Waals surface area (Å²) >= 11 is 0. The Morgan fingerprint density at radius 2 is 1.71 bits per heavy atom. The molecule has 0 aromatic heterocycles. The van der Waals surface area contributed by atoms with Crippen LogP contribution < -0.4 is 14.8 Å². The standard InChI is InChI=1S/C23H23FN2O4S/c1-16-14-18(12-13-22(16)30-2)31(28,29)26-21(15-17-8-4-3-5-9-17)23(27)25-20-11-7-6-10-19(20)24/h3-14,21,26H,15H2,1-2H3,(H,25,27)/t21-/m1/s1. The second-order valence-corrected chi connectivity index (χ2v) is 8.68. The van der Waals surface area contributed by atoms with Gasteiger partial charge in [-0.2, -0.15) is 4.72 Å². The normalized spacial score (nSPS) is 12.2. The number of carbonyl (C=O) groups is 1. The van der Waals surface area contributed by atoms with Crippen LogP contribution in [0.15, 0.2) is 77.7 Å². The number of rotatable bonds is 8. The Balaban J connectivity index is 1.89. The Kier molecular flexibility index (Phi) is 7.04. The minimum absolute atomic E-state index is 0.00236. The van der Waals surface area contributed by atoms with Gasteiger partial charge in [-0.15, -0.1) is 0 Å². The van der Waals surface area contributed by atoms with Crippen LogP contribution in [0.25, 0.3) is 0 Å². The summed E-state index contributed by atoms with van der Waals surface area (Å²) < 4.78 is 47.6. The van der Waals surface area contributed by atoms with Crippen molar-refractivity contribution < 1.29 is 22.3 Å². The molecular formula is C23H23FN2O4S. The first-order valence-corrected chi connectivity index (χ1v) is 11.0. The molecule has 8 heteroatoms. The molecule has 1 amide bonds. The van der Waals surface area contributed by atoms with E-state index in [0.29, 0.717) is 11.3 Å². The van der Waals surface area contributed by atoms with Gasteiger partial charge in [-0.25, -0.2) is 12.8 Å². The van der Waals surface area contributed by atoms with Gasteiger partial charge in [-0.3, -0.25) is 4.79 Å². The lowest BCUT2D eigenvalue weighted by molar-refractivity contribution is -0.117. The minimum atomic E-state index is -4.03. The van der Waals surface area contributed by atoms with Crippen LogP contribution in [0, 0.1) is 12.7 Å². The fourth-order valence-electron chi connectivity index (χ4n) is 3.09. The van der Waals surface area contributed by atoms with Gasteiger partial charge in [0, 0.05) is 0 Å². The van der Waals surface area contributed by atoms with Crippen LogP contribution in [-0.4, -0.2) is 27.5 Å². The summed E-state index contributed by atoms with van der Waals surface area (Å²) in [6, 6.07) is 18.0. The van der Waals surface area contributed by atoms with Crippen LogP contribution in [0.2, 0.25) is 0 Å². The summed E-state index contributed by atoms with van der Waals surface area (Å²) in [6.45, 7) is 1.73. The molecule has 3 aromatic carbocycles. The highest BCUT2D eigenvalue weighted by atomic mass is 32.2. The van der Waals surface area contributed by atoms with E-state index in [1.807, 2.05) is 6.07 Å². The Labute approximate surface area is 181 Å². The van der Waals surface area contributed by atoms with Crippen molar-refractivity contribution in [3.8, 4) is 5.75 Å². The number of benzene rings is 3. The molecule has 0 saturated carbocycles. The Morgan fingerprint density at radius 1 is 1.03 bits per heavy atom. The maximum absolute atomic E-state index is 14.0. The minimum Gasteiger partial charge on any atom is -0.496 e. The van der Waals surface area contributed by atoms with Crippen LogP contribution in [0.5, 0.6) is 5.75 Å². The lowest BCUT2D eigenvalue weighted by Gasteiger charge is -2.19. The van der Waals surface area contributed by atoms with E-state index in [1.54, 1.807) is 43.3 Å². The molecule has 6 nitrogen and oxygen atoms in total. The van der Waals surface area contributed by atoms with E-state index in [-0.39, 0.29) is 17.0 Å². The fraction of sp³-hybridized carbons (Fsp3) is 0.174. The summed E-state index contributed by atoms with van der Waals surface area (Å²) in [5.74, 6) is -0.720. The van der Waals surface area contributed by atoms with Crippen LogP contribution in [0.3, 0.4) is 0 Å². The van der Waals surface area contributed by atoms with Crippen LogP contribution in [0.4, 0.5) is 10.1 Å². The molecule has 0 fully saturated rings. The number of aryl methyl sites for hydroxylation is 1. The average molecular weight is 443 g/mol. The number of halogens is 1. The molecule has 31 heavy (non-hydrogen) atoms. The third-order valence-electron chi connectivity index (χ3n) is 4.70. The zero-order chi connectivity index (χ0) is 22.4. The number of anilines is 1. The van der Waals surface area contributed by atoms with Gasteiger partial charge in [-0.05, 0) is 54.8 Å². The lowest BCUT2D eigenvalue weighted by atomic mass is 10.1. The summed E-state index contributed by atoms with van der Waals surface area (Å²) in [6.07, 6.45) is 0.0928. The van der Waals surface area contributed by atoms with Crippen molar-refractivity contribution in [3.63, 3.8) is 0 Å². The Morgan fingerprint density at radius 3 is 2.35 bits per heavy atom. The first-order valence-electron chi connectivity index (χ1n) is 9.56. The summed E-state index contributed by atoms with van der Waals surface area (Å²) in [7, 11) is -2.54. The monoisotopic (exact) mass is 442 g/mol. The van der Waals surface area contributed by atoms with E-state index in [1.165, 1.54) is 37.4 Å². The number of amides is 1. The number of hydrogen-bond donors (Lipinski definition) is 2. The van der Waals surface area contributed by atoms with Crippen molar-refractivity contribution in [2.24, 2.45) is 0 Å². The van der Waals surface area contributed by atoms with Crippen molar-refractivity contribution in [1.82, 2.24) is 4.72 Å². The molecule has 0 spiro atoms. The molecule has 2 N–H and O–H groups in total. The average Bonchev–Trinajstić information content (AvgIpc) is 2.75. The SMILES string of the molecule is COc1ccc(S(=O)(=O)N[C@H](Cc2ccccc2)C(=O)Nc2ccccc2F)cc1C. The Bertz CT molecular complexity index is 1170. The first-order chi connectivity index (χ1) is 14.8. The molecule has 1 atom stereocenters. The molecule has 0 aliphatic carbocycles. The Hall–Kier alpha value is -3.23. The quantitative estimate of drug-likeness (QED) is 0.558. The maximum Gasteiger partial charge on any atom is 0.242 e. The molecule has 0 radical (unpaired) electrons. The summed E-state index contributed by atoms with van der Waals surface area (Å²) in [5, 5.41) is 2.47. The van der Waals surface area contributed by atoms with Gasteiger partial charge in [0.1, 0.15) is 17.6 Å². The van der Waals surface area contributed by atoms with E-state index < -0.39 is 27.8 Å². The van der Waals surface area contributed by atoms with E-state index in [0.717, 1.165) is 5.56 Å². The maximum atomic E-state index is 14.0. The van der Waals surface area contributed by atoms with Gasteiger partial charge < -0.3 is 10.1 Å². The number of nitrogens with one attached hydrogen (secondary N) is 2. The second kappa shape index (κ2) is 9.72. The highest BCUT2D eigenvalue weighted by molar-refractivity contribution is 7.89. The molecule has 0 unspecified atom stereocenters. The first kappa shape index (κ1) is 22.5. The van der Waals surface area contributed by atoms with E-state index in [9.17, 15) is 17.6 Å². The van der Waals surface area contributed by atoms with Crippen molar-refractivity contribution in [1.29, 1.82) is 0 Å². The van der Waals surface area contributed by atoms with E-state index >= 15 is 0 Å². The third-order valence-corrected chi connectivity index (χ3v) is 6.17. The highest BCUT2D eigenvalue weighted by Gasteiger charge is 2.27. The molecule has 0 aliphatic rings. The number of para-hydroxylation sites is 1. The smallest absolute Gasteiger partial charge is 0.242 e. The van der Waals surface area contributed by atoms with Crippen molar-refractivity contribution in [3.05, 3.63) is 89.7 Å². The van der Waals surface area contributed by atoms with Crippen molar-refractivity contribution in [2.45, 2.75) is 24.3 Å². The summed E-state index contributed by atoms with van der Waals surface area (Å²) in [4.78, 5) is 12.9. The second-order valence-electron chi connectivity index (χ2n) is 6.96. The number of sulfonamides is 1. The molecule has 3 aromatic rings. The molecule has 0 aliphatic heterocycles. The van der Waals surface area contributed by atoms with Crippen molar-refractivity contribution in [2.75, 3.05) is 12.4 Å². The van der Waals surface area contributed by atoms with Gasteiger partial charge in [0.2, 0.25) is 15.9 Å². The molecule has 0 bridgehead atoms.